The lowest BCUT2D eigenvalue weighted by Crippen LogP contribution is -2.41. The van der Waals surface area contributed by atoms with Gasteiger partial charge in [0.05, 0.1) is 0 Å². The van der Waals surface area contributed by atoms with Crippen LogP contribution in [-0.4, -0.2) is 36.7 Å². The van der Waals surface area contributed by atoms with Crippen LogP contribution in [0.5, 0.6) is 0 Å². The van der Waals surface area contributed by atoms with Crippen molar-refractivity contribution in [1.29, 1.82) is 0 Å². The van der Waals surface area contributed by atoms with Gasteiger partial charge in [0.25, 0.3) is 0 Å². The van der Waals surface area contributed by atoms with Gasteiger partial charge < -0.3 is 15.0 Å². The summed E-state index contributed by atoms with van der Waals surface area (Å²) in [5.41, 5.74) is 2.36. The van der Waals surface area contributed by atoms with Gasteiger partial charge in [-0.05, 0) is 57.7 Å². The van der Waals surface area contributed by atoms with E-state index < -0.39 is 5.60 Å². The highest BCUT2D eigenvalue weighted by molar-refractivity contribution is 5.68. The molecular formula is C18H28N2O2. The highest BCUT2D eigenvalue weighted by Gasteiger charge is 2.28. The van der Waals surface area contributed by atoms with E-state index in [1.165, 1.54) is 11.1 Å². The lowest BCUT2D eigenvalue weighted by Gasteiger charge is -2.34. The maximum Gasteiger partial charge on any atom is 0.410 e. The summed E-state index contributed by atoms with van der Waals surface area (Å²) in [6.07, 6.45) is 1.81. The van der Waals surface area contributed by atoms with E-state index in [9.17, 15) is 4.79 Å². The number of hydrogen-bond acceptors (Lipinski definition) is 3. The number of amides is 1. The van der Waals surface area contributed by atoms with Crippen molar-refractivity contribution in [3.8, 4) is 0 Å². The van der Waals surface area contributed by atoms with Crippen molar-refractivity contribution >= 4 is 6.09 Å². The number of benzene rings is 1. The van der Waals surface area contributed by atoms with E-state index in [2.05, 4.69) is 29.6 Å². The van der Waals surface area contributed by atoms with Crippen molar-refractivity contribution in [1.82, 2.24) is 10.2 Å². The molecule has 1 aliphatic heterocycles. The molecule has 1 saturated heterocycles. The fourth-order valence-corrected chi connectivity index (χ4v) is 2.98. The molecule has 0 atom stereocenters. The van der Waals surface area contributed by atoms with Crippen molar-refractivity contribution in [3.63, 3.8) is 0 Å². The number of piperidine rings is 1. The molecule has 122 valence electrons. The Labute approximate surface area is 133 Å². The van der Waals surface area contributed by atoms with E-state index in [1.807, 2.05) is 32.7 Å². The summed E-state index contributed by atoms with van der Waals surface area (Å²) in [4.78, 5) is 14.0. The maximum atomic E-state index is 12.1. The van der Waals surface area contributed by atoms with Gasteiger partial charge in [0, 0.05) is 19.6 Å². The molecule has 0 saturated carbocycles. The topological polar surface area (TPSA) is 41.6 Å². The van der Waals surface area contributed by atoms with Crippen LogP contribution in [0.1, 0.15) is 50.7 Å². The van der Waals surface area contributed by atoms with E-state index in [4.69, 9.17) is 4.74 Å². The molecule has 1 aliphatic rings. The predicted octanol–water partition coefficient (Wildman–Crippen LogP) is 3.52. The summed E-state index contributed by atoms with van der Waals surface area (Å²) < 4.78 is 5.46. The Morgan fingerprint density at radius 3 is 2.50 bits per heavy atom. The molecule has 0 radical (unpaired) electrons. The largest absolute Gasteiger partial charge is 0.444 e. The zero-order chi connectivity index (χ0) is 16.2. The molecule has 0 spiro atoms. The molecule has 4 heteroatoms. The fraction of sp³-hybridized carbons (Fsp3) is 0.611. The van der Waals surface area contributed by atoms with Crippen LogP contribution in [-0.2, 0) is 11.3 Å². The Hall–Kier alpha value is -1.55. The molecule has 1 heterocycles. The van der Waals surface area contributed by atoms with Crippen LogP contribution in [0.15, 0.2) is 24.3 Å². The van der Waals surface area contributed by atoms with Crippen molar-refractivity contribution in [3.05, 3.63) is 35.4 Å². The normalized spacial score (nSPS) is 16.6. The number of carbonyl (C=O) groups is 1. The molecule has 2 rings (SSSR count). The number of nitrogens with zero attached hydrogens (tertiary/aromatic N) is 1. The molecule has 0 bridgehead atoms. The maximum absolute atomic E-state index is 12.1. The molecule has 1 aromatic carbocycles. The Morgan fingerprint density at radius 2 is 1.91 bits per heavy atom. The van der Waals surface area contributed by atoms with Gasteiger partial charge in [-0.25, -0.2) is 4.79 Å². The summed E-state index contributed by atoms with van der Waals surface area (Å²) >= 11 is 0. The highest BCUT2D eigenvalue weighted by atomic mass is 16.6. The molecule has 4 nitrogen and oxygen atoms in total. The van der Waals surface area contributed by atoms with Crippen molar-refractivity contribution < 1.29 is 9.53 Å². The smallest absolute Gasteiger partial charge is 0.410 e. The second kappa shape index (κ2) is 7.14. The van der Waals surface area contributed by atoms with E-state index >= 15 is 0 Å². The van der Waals surface area contributed by atoms with Gasteiger partial charge in [-0.15, -0.1) is 0 Å². The quantitative estimate of drug-likeness (QED) is 0.929. The average Bonchev–Trinajstić information content (AvgIpc) is 2.47. The monoisotopic (exact) mass is 304 g/mol. The summed E-state index contributed by atoms with van der Waals surface area (Å²) in [5.74, 6) is 0.531. The summed E-state index contributed by atoms with van der Waals surface area (Å²) in [7, 11) is 1.97. The van der Waals surface area contributed by atoms with Gasteiger partial charge in [0.15, 0.2) is 0 Å². The second-order valence-corrected chi connectivity index (χ2v) is 6.97. The first-order valence-corrected chi connectivity index (χ1v) is 8.11. The Morgan fingerprint density at radius 1 is 1.27 bits per heavy atom. The van der Waals surface area contributed by atoms with Crippen LogP contribution < -0.4 is 5.32 Å². The third kappa shape index (κ3) is 4.47. The van der Waals surface area contributed by atoms with Crippen LogP contribution >= 0.6 is 0 Å². The minimum Gasteiger partial charge on any atom is -0.444 e. The van der Waals surface area contributed by atoms with Crippen molar-refractivity contribution in [2.45, 2.75) is 51.7 Å². The Bertz CT molecular complexity index is 500. The number of ether oxygens (including phenoxy) is 1. The van der Waals surface area contributed by atoms with Crippen molar-refractivity contribution in [2.24, 2.45) is 0 Å². The lowest BCUT2D eigenvalue weighted by atomic mass is 9.86. The summed E-state index contributed by atoms with van der Waals surface area (Å²) in [6, 6.07) is 8.60. The third-order valence-electron chi connectivity index (χ3n) is 4.01. The predicted molar refractivity (Wildman–Crippen MR) is 89.0 cm³/mol. The van der Waals surface area contributed by atoms with Crippen LogP contribution in [0.2, 0.25) is 0 Å². The Balaban J connectivity index is 1.96. The zero-order valence-electron chi connectivity index (χ0n) is 14.2. The van der Waals surface area contributed by atoms with Gasteiger partial charge in [0.1, 0.15) is 5.60 Å². The van der Waals surface area contributed by atoms with Crippen LogP contribution in [0.25, 0.3) is 0 Å². The molecular weight excluding hydrogens is 276 g/mol. The average molecular weight is 304 g/mol. The minimum absolute atomic E-state index is 0.186. The Kier molecular flexibility index (Phi) is 5.46. The molecule has 0 aliphatic carbocycles. The van der Waals surface area contributed by atoms with Gasteiger partial charge in [-0.3, -0.25) is 0 Å². The van der Waals surface area contributed by atoms with Crippen LogP contribution in [0.3, 0.4) is 0 Å². The lowest BCUT2D eigenvalue weighted by molar-refractivity contribution is 0.0204. The van der Waals surface area contributed by atoms with Crippen molar-refractivity contribution in [2.75, 3.05) is 20.1 Å². The number of rotatable bonds is 3. The van der Waals surface area contributed by atoms with E-state index in [1.54, 1.807) is 0 Å². The standard InChI is InChI=1S/C18H28N2O2/c1-18(2,3)22-17(21)20-11-9-14(10-12-20)16-8-6-5-7-15(16)13-19-4/h5-8,14,19H,9-13H2,1-4H3. The zero-order valence-corrected chi connectivity index (χ0v) is 14.2. The second-order valence-electron chi connectivity index (χ2n) is 6.97. The molecule has 1 amide bonds. The highest BCUT2D eigenvalue weighted by Crippen LogP contribution is 2.31. The van der Waals surface area contributed by atoms with E-state index in [0.717, 1.165) is 32.5 Å². The number of nitrogens with one attached hydrogen (secondary N) is 1. The van der Waals surface area contributed by atoms with Gasteiger partial charge in [-0.1, -0.05) is 24.3 Å². The summed E-state index contributed by atoms with van der Waals surface area (Å²) in [5, 5.41) is 3.23. The molecule has 0 unspecified atom stereocenters. The third-order valence-corrected chi connectivity index (χ3v) is 4.01. The molecule has 1 N–H and O–H groups in total. The molecule has 22 heavy (non-hydrogen) atoms. The molecule has 1 aromatic rings. The first-order valence-electron chi connectivity index (χ1n) is 8.11. The van der Waals surface area contributed by atoms with Gasteiger partial charge >= 0.3 is 6.09 Å². The minimum atomic E-state index is -0.423. The summed E-state index contributed by atoms with van der Waals surface area (Å²) in [6.45, 7) is 8.16. The van der Waals surface area contributed by atoms with E-state index in [-0.39, 0.29) is 6.09 Å². The first-order chi connectivity index (χ1) is 10.4. The van der Waals surface area contributed by atoms with Gasteiger partial charge in [-0.2, -0.15) is 0 Å². The number of carbonyl (C=O) groups excluding carboxylic acids is 1. The van der Waals surface area contributed by atoms with Gasteiger partial charge in [0.2, 0.25) is 0 Å². The SMILES string of the molecule is CNCc1ccccc1C1CCN(C(=O)OC(C)(C)C)CC1. The molecule has 1 fully saturated rings. The fourth-order valence-electron chi connectivity index (χ4n) is 2.98. The van der Waals surface area contributed by atoms with Crippen LogP contribution in [0.4, 0.5) is 4.79 Å². The molecule has 0 aromatic heterocycles. The van der Waals surface area contributed by atoms with E-state index in [0.29, 0.717) is 5.92 Å². The number of hydrogen-bond donors (Lipinski definition) is 1. The van der Waals surface area contributed by atoms with Crippen LogP contribution in [0, 0.1) is 0 Å². The first kappa shape index (κ1) is 16.8. The number of likely N-dealkylation sites (tertiary alicyclic amines) is 1.